The highest BCUT2D eigenvalue weighted by molar-refractivity contribution is 5.83. The lowest BCUT2D eigenvalue weighted by atomic mass is 10.2. The lowest BCUT2D eigenvalue weighted by Gasteiger charge is -2.17. The van der Waals surface area contributed by atoms with Crippen LogP contribution in [0.15, 0.2) is 53.6 Å². The number of benzene rings is 2. The predicted molar refractivity (Wildman–Crippen MR) is 103 cm³/mol. The second-order valence-electron chi connectivity index (χ2n) is 5.95. The molecule has 1 amide bonds. The van der Waals surface area contributed by atoms with Crippen LogP contribution in [-0.4, -0.2) is 40.7 Å². The summed E-state index contributed by atoms with van der Waals surface area (Å²) < 4.78 is 1.53. The summed E-state index contributed by atoms with van der Waals surface area (Å²) in [5.74, 6) is -0.283. The van der Waals surface area contributed by atoms with Crippen LogP contribution in [0.1, 0.15) is 12.0 Å². The van der Waals surface area contributed by atoms with Gasteiger partial charge in [0.25, 0.3) is 5.91 Å². The fourth-order valence-corrected chi connectivity index (χ4v) is 2.55. The molecule has 8 nitrogen and oxygen atoms in total. The van der Waals surface area contributed by atoms with Gasteiger partial charge in [-0.3, -0.25) is 4.79 Å². The van der Waals surface area contributed by atoms with E-state index in [1.54, 1.807) is 6.21 Å². The molecular weight excluding hydrogens is 342 g/mol. The molecule has 8 heteroatoms. The molecule has 0 atom stereocenters. The Morgan fingerprint density at radius 1 is 1.30 bits per heavy atom. The summed E-state index contributed by atoms with van der Waals surface area (Å²) in [4.78, 5) is 14.0. The summed E-state index contributed by atoms with van der Waals surface area (Å²) in [7, 11) is 1.94. The van der Waals surface area contributed by atoms with Gasteiger partial charge in [-0.05, 0) is 29.8 Å². The van der Waals surface area contributed by atoms with E-state index in [1.807, 2.05) is 60.5 Å². The first-order chi connectivity index (χ1) is 13.2. The van der Waals surface area contributed by atoms with Gasteiger partial charge in [-0.1, -0.05) is 29.5 Å². The largest absolute Gasteiger partial charge is 0.374 e. The average molecular weight is 361 g/mol. The Kier molecular flexibility index (Phi) is 5.74. The fraction of sp³-hybridized carbons (Fsp3) is 0.211. The SMILES string of the molecule is CN(CCC#N)c1ccc(/C=N\NC(=O)Cn2nnc3ccccc32)cc1. The molecule has 0 unspecified atom stereocenters. The van der Waals surface area contributed by atoms with Crippen molar-refractivity contribution in [3.8, 4) is 6.07 Å². The van der Waals surface area contributed by atoms with Gasteiger partial charge in [-0.15, -0.1) is 5.10 Å². The van der Waals surface area contributed by atoms with E-state index in [4.69, 9.17) is 5.26 Å². The van der Waals surface area contributed by atoms with E-state index in [-0.39, 0.29) is 12.5 Å². The molecule has 0 aliphatic rings. The molecule has 1 heterocycles. The number of para-hydroxylation sites is 1. The van der Waals surface area contributed by atoms with Crippen molar-refractivity contribution in [3.05, 3.63) is 54.1 Å². The fourth-order valence-electron chi connectivity index (χ4n) is 2.55. The van der Waals surface area contributed by atoms with Gasteiger partial charge in [0.05, 0.1) is 24.2 Å². The zero-order chi connectivity index (χ0) is 19.1. The number of hydrazone groups is 1. The van der Waals surface area contributed by atoms with Crippen molar-refractivity contribution in [3.63, 3.8) is 0 Å². The Balaban J connectivity index is 1.54. The molecule has 136 valence electrons. The molecule has 0 spiro atoms. The van der Waals surface area contributed by atoms with E-state index in [2.05, 4.69) is 26.9 Å². The summed E-state index contributed by atoms with van der Waals surface area (Å²) in [5, 5.41) is 20.6. The van der Waals surface area contributed by atoms with Gasteiger partial charge in [0.1, 0.15) is 12.1 Å². The van der Waals surface area contributed by atoms with Crippen molar-refractivity contribution in [2.75, 3.05) is 18.5 Å². The third-order valence-electron chi connectivity index (χ3n) is 4.01. The van der Waals surface area contributed by atoms with Crippen LogP contribution in [0.2, 0.25) is 0 Å². The first kappa shape index (κ1) is 18.1. The monoisotopic (exact) mass is 361 g/mol. The number of carbonyl (C=O) groups excluding carboxylic acids is 1. The Hall–Kier alpha value is -3.73. The van der Waals surface area contributed by atoms with Gasteiger partial charge in [-0.2, -0.15) is 10.4 Å². The molecule has 3 rings (SSSR count). The van der Waals surface area contributed by atoms with E-state index in [0.29, 0.717) is 13.0 Å². The van der Waals surface area contributed by atoms with Gasteiger partial charge in [-0.25, -0.2) is 10.1 Å². The number of nitriles is 1. The normalized spacial score (nSPS) is 10.8. The summed E-state index contributed by atoms with van der Waals surface area (Å²) in [6, 6.07) is 17.3. The molecule has 0 aliphatic carbocycles. The highest BCUT2D eigenvalue weighted by Crippen LogP contribution is 2.13. The number of carbonyl (C=O) groups is 1. The number of hydrogen-bond acceptors (Lipinski definition) is 6. The molecule has 3 aromatic rings. The van der Waals surface area contributed by atoms with Gasteiger partial charge < -0.3 is 4.90 Å². The van der Waals surface area contributed by atoms with Crippen LogP contribution in [0.4, 0.5) is 5.69 Å². The van der Waals surface area contributed by atoms with Gasteiger partial charge in [0.2, 0.25) is 0 Å². The Bertz CT molecular complexity index is 985. The maximum atomic E-state index is 12.0. The molecule has 2 aromatic carbocycles. The van der Waals surface area contributed by atoms with Crippen LogP contribution in [0, 0.1) is 11.3 Å². The number of aromatic nitrogens is 3. The number of anilines is 1. The summed E-state index contributed by atoms with van der Waals surface area (Å²) in [5.41, 5.74) is 5.92. The van der Waals surface area contributed by atoms with Crippen molar-refractivity contribution < 1.29 is 4.79 Å². The second kappa shape index (κ2) is 8.58. The lowest BCUT2D eigenvalue weighted by molar-refractivity contribution is -0.121. The Labute approximate surface area is 156 Å². The molecule has 0 bridgehead atoms. The van der Waals surface area contributed by atoms with Gasteiger partial charge >= 0.3 is 0 Å². The molecule has 27 heavy (non-hydrogen) atoms. The molecule has 1 N–H and O–H groups in total. The van der Waals surface area contributed by atoms with Gasteiger partial charge in [0.15, 0.2) is 0 Å². The zero-order valence-electron chi connectivity index (χ0n) is 14.9. The summed E-state index contributed by atoms with van der Waals surface area (Å²) >= 11 is 0. The van der Waals surface area contributed by atoms with Crippen LogP contribution >= 0.6 is 0 Å². The first-order valence-electron chi connectivity index (χ1n) is 8.45. The number of nitrogens with one attached hydrogen (secondary N) is 1. The van der Waals surface area contributed by atoms with Crippen molar-refractivity contribution in [2.24, 2.45) is 5.10 Å². The van der Waals surface area contributed by atoms with Crippen molar-refractivity contribution in [2.45, 2.75) is 13.0 Å². The topological polar surface area (TPSA) is 99.2 Å². The number of amides is 1. The number of rotatable bonds is 7. The van der Waals surface area contributed by atoms with Crippen molar-refractivity contribution >= 4 is 28.8 Å². The maximum Gasteiger partial charge on any atom is 0.261 e. The molecular formula is C19H19N7O. The molecule has 0 radical (unpaired) electrons. The Morgan fingerprint density at radius 2 is 2.07 bits per heavy atom. The van der Waals surface area contributed by atoms with Crippen LogP contribution in [0.3, 0.4) is 0 Å². The van der Waals surface area contributed by atoms with Crippen molar-refractivity contribution in [1.29, 1.82) is 5.26 Å². The molecule has 0 saturated heterocycles. The highest BCUT2D eigenvalue weighted by atomic mass is 16.2. The Morgan fingerprint density at radius 3 is 2.85 bits per heavy atom. The quantitative estimate of drug-likeness (QED) is 0.512. The minimum Gasteiger partial charge on any atom is -0.374 e. The van der Waals surface area contributed by atoms with E-state index in [0.717, 1.165) is 22.3 Å². The predicted octanol–water partition coefficient (Wildman–Crippen LogP) is 1.93. The number of nitrogens with zero attached hydrogens (tertiary/aromatic N) is 6. The standard InChI is InChI=1S/C19H19N7O/c1-25(12-4-11-20)16-9-7-15(8-10-16)13-21-23-19(27)14-26-18-6-3-2-5-17(18)22-24-26/h2-3,5-10,13H,4,12,14H2,1H3,(H,23,27)/b21-13-. The highest BCUT2D eigenvalue weighted by Gasteiger charge is 2.07. The molecule has 0 saturated carbocycles. The summed E-state index contributed by atoms with van der Waals surface area (Å²) in [6.07, 6.45) is 2.06. The maximum absolute atomic E-state index is 12.0. The van der Waals surface area contributed by atoms with Crippen LogP contribution in [0.5, 0.6) is 0 Å². The number of hydrogen-bond donors (Lipinski definition) is 1. The second-order valence-corrected chi connectivity index (χ2v) is 5.95. The minimum atomic E-state index is -0.283. The lowest BCUT2D eigenvalue weighted by Crippen LogP contribution is -2.23. The third-order valence-corrected chi connectivity index (χ3v) is 4.01. The van der Waals surface area contributed by atoms with E-state index in [1.165, 1.54) is 4.68 Å². The minimum absolute atomic E-state index is 0.0421. The van der Waals surface area contributed by atoms with Crippen LogP contribution < -0.4 is 10.3 Å². The van der Waals surface area contributed by atoms with Crippen LogP contribution in [0.25, 0.3) is 11.0 Å². The first-order valence-corrected chi connectivity index (χ1v) is 8.45. The molecule has 0 aliphatic heterocycles. The zero-order valence-corrected chi connectivity index (χ0v) is 14.9. The summed E-state index contributed by atoms with van der Waals surface area (Å²) in [6.45, 7) is 0.720. The molecule has 1 aromatic heterocycles. The van der Waals surface area contributed by atoms with Gasteiger partial charge in [0, 0.05) is 19.3 Å². The third kappa shape index (κ3) is 4.67. The van der Waals surface area contributed by atoms with E-state index < -0.39 is 0 Å². The number of fused-ring (bicyclic) bond motifs is 1. The average Bonchev–Trinajstić information content (AvgIpc) is 3.09. The van der Waals surface area contributed by atoms with Crippen molar-refractivity contribution in [1.82, 2.24) is 20.4 Å². The van der Waals surface area contributed by atoms with Crippen LogP contribution in [-0.2, 0) is 11.3 Å². The smallest absolute Gasteiger partial charge is 0.261 e. The van der Waals surface area contributed by atoms with E-state index in [9.17, 15) is 4.79 Å². The van der Waals surface area contributed by atoms with E-state index >= 15 is 0 Å². The molecule has 0 fully saturated rings.